The molecule has 0 amide bonds. The Bertz CT molecular complexity index is 560. The summed E-state index contributed by atoms with van der Waals surface area (Å²) in [5, 5.41) is 3.12. The number of likely N-dealkylation sites (N-methyl/N-ethyl adjacent to an activating group) is 1. The monoisotopic (exact) mass is 301 g/mol. The highest BCUT2D eigenvalue weighted by Crippen LogP contribution is 2.31. The highest BCUT2D eigenvalue weighted by molar-refractivity contribution is 6.35. The fourth-order valence-electron chi connectivity index (χ4n) is 1.74. The summed E-state index contributed by atoms with van der Waals surface area (Å²) in [6.07, 6.45) is 0.777. The summed E-state index contributed by atoms with van der Waals surface area (Å²) in [5.74, 6) is 0.873. The maximum absolute atomic E-state index is 13.3. The third kappa shape index (κ3) is 3.30. The molecule has 2 rings (SSSR count). The van der Waals surface area contributed by atoms with Gasteiger partial charge in [-0.1, -0.05) is 23.2 Å². The SMILES string of the molecule is CNC(C)Cc1ccc(-c2cc(Cl)c(F)c(Cl)c2)o1. The molecule has 1 aromatic carbocycles. The maximum Gasteiger partial charge on any atom is 0.160 e. The lowest BCUT2D eigenvalue weighted by molar-refractivity contribution is 0.481. The zero-order valence-electron chi connectivity index (χ0n) is 10.6. The average molecular weight is 302 g/mol. The van der Waals surface area contributed by atoms with E-state index in [1.165, 1.54) is 12.1 Å². The molecule has 2 nitrogen and oxygen atoms in total. The topological polar surface area (TPSA) is 25.2 Å². The van der Waals surface area contributed by atoms with E-state index in [1.54, 1.807) is 0 Å². The van der Waals surface area contributed by atoms with E-state index in [-0.39, 0.29) is 10.0 Å². The van der Waals surface area contributed by atoms with Crippen molar-refractivity contribution in [2.75, 3.05) is 7.05 Å². The van der Waals surface area contributed by atoms with Gasteiger partial charge in [-0.25, -0.2) is 4.39 Å². The van der Waals surface area contributed by atoms with Crippen LogP contribution in [-0.2, 0) is 6.42 Å². The van der Waals surface area contributed by atoms with Gasteiger partial charge in [0.25, 0.3) is 0 Å². The van der Waals surface area contributed by atoms with E-state index < -0.39 is 5.82 Å². The molecular formula is C14H14Cl2FNO. The van der Waals surface area contributed by atoms with Crippen LogP contribution in [0.3, 0.4) is 0 Å². The number of hydrogen-bond donors (Lipinski definition) is 1. The molecule has 0 aliphatic heterocycles. The van der Waals surface area contributed by atoms with Crippen LogP contribution in [0.15, 0.2) is 28.7 Å². The van der Waals surface area contributed by atoms with Crippen LogP contribution >= 0.6 is 23.2 Å². The normalized spacial score (nSPS) is 12.7. The summed E-state index contributed by atoms with van der Waals surface area (Å²) in [6, 6.07) is 7.06. The minimum Gasteiger partial charge on any atom is -0.461 e. The summed E-state index contributed by atoms with van der Waals surface area (Å²) in [7, 11) is 1.90. The van der Waals surface area contributed by atoms with Crippen molar-refractivity contribution >= 4 is 23.2 Å². The first-order chi connectivity index (χ1) is 9.01. The first kappa shape index (κ1) is 14.4. The molecule has 1 atom stereocenters. The summed E-state index contributed by atoms with van der Waals surface area (Å²) in [5.41, 5.74) is 0.666. The van der Waals surface area contributed by atoms with Gasteiger partial charge in [0.1, 0.15) is 11.5 Å². The second-order valence-electron chi connectivity index (χ2n) is 4.41. The Labute approximate surface area is 121 Å². The number of halogens is 3. The molecule has 0 saturated carbocycles. The first-order valence-electron chi connectivity index (χ1n) is 5.92. The predicted octanol–water partition coefficient (Wildman–Crippen LogP) is 4.54. The summed E-state index contributed by atoms with van der Waals surface area (Å²) >= 11 is 11.5. The zero-order chi connectivity index (χ0) is 14.0. The van der Waals surface area contributed by atoms with Gasteiger partial charge in [0.2, 0.25) is 0 Å². The number of benzene rings is 1. The van der Waals surface area contributed by atoms with Gasteiger partial charge >= 0.3 is 0 Å². The third-order valence-electron chi connectivity index (χ3n) is 2.93. The Hall–Kier alpha value is -1.03. The van der Waals surface area contributed by atoms with Gasteiger partial charge in [-0.3, -0.25) is 0 Å². The minimum absolute atomic E-state index is 0.0101. The second-order valence-corrected chi connectivity index (χ2v) is 5.23. The Balaban J connectivity index is 2.28. The van der Waals surface area contributed by atoms with Crippen LogP contribution < -0.4 is 5.32 Å². The fourth-order valence-corrected chi connectivity index (χ4v) is 2.23. The molecule has 0 spiro atoms. The molecule has 0 aliphatic carbocycles. The Kier molecular flexibility index (Phi) is 4.50. The Morgan fingerprint density at radius 3 is 2.47 bits per heavy atom. The van der Waals surface area contributed by atoms with Crippen molar-refractivity contribution in [3.63, 3.8) is 0 Å². The summed E-state index contributed by atoms with van der Waals surface area (Å²) in [4.78, 5) is 0. The molecule has 5 heteroatoms. The van der Waals surface area contributed by atoms with Crippen molar-refractivity contribution in [3.8, 4) is 11.3 Å². The van der Waals surface area contributed by atoms with Crippen molar-refractivity contribution in [2.24, 2.45) is 0 Å². The Morgan fingerprint density at radius 2 is 1.89 bits per heavy atom. The number of furan rings is 1. The van der Waals surface area contributed by atoms with E-state index in [0.29, 0.717) is 17.4 Å². The molecule has 19 heavy (non-hydrogen) atoms. The van der Waals surface area contributed by atoms with Crippen LogP contribution in [0.25, 0.3) is 11.3 Å². The molecule has 0 aliphatic rings. The van der Waals surface area contributed by atoms with E-state index in [1.807, 2.05) is 19.2 Å². The van der Waals surface area contributed by atoms with Gasteiger partial charge in [-0.05, 0) is 38.2 Å². The van der Waals surface area contributed by atoms with E-state index in [4.69, 9.17) is 27.6 Å². The summed E-state index contributed by atoms with van der Waals surface area (Å²) < 4.78 is 19.1. The van der Waals surface area contributed by atoms with Crippen LogP contribution in [0.1, 0.15) is 12.7 Å². The van der Waals surface area contributed by atoms with E-state index in [9.17, 15) is 4.39 Å². The van der Waals surface area contributed by atoms with Crippen LogP contribution in [0, 0.1) is 5.82 Å². The van der Waals surface area contributed by atoms with Gasteiger partial charge in [0.15, 0.2) is 5.82 Å². The largest absolute Gasteiger partial charge is 0.461 e. The van der Waals surface area contributed by atoms with Gasteiger partial charge in [-0.15, -0.1) is 0 Å². The van der Waals surface area contributed by atoms with E-state index >= 15 is 0 Å². The fraction of sp³-hybridized carbons (Fsp3) is 0.286. The first-order valence-corrected chi connectivity index (χ1v) is 6.67. The lowest BCUT2D eigenvalue weighted by Gasteiger charge is -2.07. The second kappa shape index (κ2) is 5.95. The highest BCUT2D eigenvalue weighted by Gasteiger charge is 2.12. The van der Waals surface area contributed by atoms with Crippen LogP contribution in [0.4, 0.5) is 4.39 Å². The molecule has 102 valence electrons. The molecule has 1 unspecified atom stereocenters. The standard InChI is InChI=1S/C14H14Cl2FNO/c1-8(18-2)5-10-3-4-13(19-10)9-6-11(15)14(17)12(16)7-9/h3-4,6-8,18H,5H2,1-2H3. The van der Waals surface area contributed by atoms with Gasteiger partial charge in [-0.2, -0.15) is 0 Å². The van der Waals surface area contributed by atoms with Crippen molar-refractivity contribution in [1.82, 2.24) is 5.32 Å². The van der Waals surface area contributed by atoms with E-state index in [2.05, 4.69) is 12.2 Å². The van der Waals surface area contributed by atoms with Crippen molar-refractivity contribution in [3.05, 3.63) is 45.9 Å². The number of nitrogens with one attached hydrogen (secondary N) is 1. The van der Waals surface area contributed by atoms with Crippen LogP contribution in [-0.4, -0.2) is 13.1 Å². The molecule has 0 bridgehead atoms. The van der Waals surface area contributed by atoms with Crippen molar-refractivity contribution < 1.29 is 8.81 Å². The van der Waals surface area contributed by atoms with Crippen molar-refractivity contribution in [2.45, 2.75) is 19.4 Å². The zero-order valence-corrected chi connectivity index (χ0v) is 12.1. The minimum atomic E-state index is -0.609. The molecule has 2 aromatic rings. The molecule has 1 heterocycles. The molecule has 1 N–H and O–H groups in total. The molecule has 0 radical (unpaired) electrons. The Morgan fingerprint density at radius 1 is 1.26 bits per heavy atom. The van der Waals surface area contributed by atoms with Gasteiger partial charge in [0.05, 0.1) is 10.0 Å². The smallest absolute Gasteiger partial charge is 0.160 e. The third-order valence-corrected chi connectivity index (χ3v) is 3.48. The van der Waals surface area contributed by atoms with Crippen molar-refractivity contribution in [1.29, 1.82) is 0 Å². The molecular weight excluding hydrogens is 288 g/mol. The lowest BCUT2D eigenvalue weighted by atomic mass is 10.1. The van der Waals surface area contributed by atoms with E-state index in [0.717, 1.165) is 12.2 Å². The average Bonchev–Trinajstić information content (AvgIpc) is 2.83. The van der Waals surface area contributed by atoms with Gasteiger partial charge in [0, 0.05) is 18.0 Å². The molecule has 0 fully saturated rings. The predicted molar refractivity (Wildman–Crippen MR) is 76.3 cm³/mol. The van der Waals surface area contributed by atoms with Gasteiger partial charge < -0.3 is 9.73 Å². The lowest BCUT2D eigenvalue weighted by Crippen LogP contribution is -2.23. The summed E-state index contributed by atoms with van der Waals surface area (Å²) in [6.45, 7) is 2.06. The molecule has 1 aromatic heterocycles. The quantitative estimate of drug-likeness (QED) is 0.839. The number of rotatable bonds is 4. The maximum atomic E-state index is 13.3. The highest BCUT2D eigenvalue weighted by atomic mass is 35.5. The molecule has 0 saturated heterocycles. The van der Waals surface area contributed by atoms with Crippen LogP contribution in [0.2, 0.25) is 10.0 Å². The number of hydrogen-bond acceptors (Lipinski definition) is 2. The van der Waals surface area contributed by atoms with Crippen LogP contribution in [0.5, 0.6) is 0 Å².